The van der Waals surface area contributed by atoms with E-state index in [9.17, 15) is 17.6 Å². The van der Waals surface area contributed by atoms with Crippen LogP contribution in [0.3, 0.4) is 0 Å². The van der Waals surface area contributed by atoms with Gasteiger partial charge in [-0.25, -0.2) is 22.5 Å². The van der Waals surface area contributed by atoms with E-state index in [1.54, 1.807) is 0 Å². The number of aromatic nitrogens is 2. The molecular weight excluding hydrogens is 427 g/mol. The second-order valence-electron chi connectivity index (χ2n) is 5.34. The molecule has 26 heavy (non-hydrogen) atoms. The number of imidazole rings is 1. The highest BCUT2D eigenvalue weighted by atomic mass is 79.9. The summed E-state index contributed by atoms with van der Waals surface area (Å²) in [4.78, 5) is 16.0. The molecule has 132 valence electrons. The lowest BCUT2D eigenvalue weighted by Crippen LogP contribution is -2.32. The number of carbonyl (C=O) groups excluding carboxylic acids is 1. The minimum absolute atomic E-state index is 0.134. The number of hydrogen-bond acceptors (Lipinski definition) is 5. The number of halogens is 2. The Morgan fingerprint density at radius 3 is 2.81 bits per heavy atom. The first-order valence-electron chi connectivity index (χ1n) is 7.16. The highest BCUT2D eigenvalue weighted by Gasteiger charge is 2.20. The highest BCUT2D eigenvalue weighted by Crippen LogP contribution is 2.19. The van der Waals surface area contributed by atoms with Crippen LogP contribution in [0.4, 0.5) is 4.39 Å². The van der Waals surface area contributed by atoms with E-state index in [2.05, 4.69) is 20.9 Å². The molecule has 0 saturated heterocycles. The van der Waals surface area contributed by atoms with Gasteiger partial charge in [0.15, 0.2) is 0 Å². The van der Waals surface area contributed by atoms with Crippen molar-refractivity contribution in [1.29, 1.82) is 5.26 Å². The van der Waals surface area contributed by atoms with Crippen LogP contribution < -0.4 is 4.72 Å². The summed E-state index contributed by atoms with van der Waals surface area (Å²) in [5.41, 5.74) is 0.854. The van der Waals surface area contributed by atoms with Gasteiger partial charge >= 0.3 is 0 Å². The molecule has 0 atom stereocenters. The van der Waals surface area contributed by atoms with Crippen molar-refractivity contribution in [2.24, 2.45) is 0 Å². The first-order chi connectivity index (χ1) is 12.3. The van der Waals surface area contributed by atoms with Crippen LogP contribution in [0.25, 0.3) is 5.65 Å². The molecule has 10 heteroatoms. The number of benzene rings is 1. The molecule has 0 saturated carbocycles. The molecule has 0 fully saturated rings. The first-order valence-corrected chi connectivity index (χ1v) is 9.44. The van der Waals surface area contributed by atoms with Gasteiger partial charge in [-0.3, -0.25) is 4.79 Å². The Kier molecular flexibility index (Phi) is 4.76. The monoisotopic (exact) mass is 436 g/mol. The van der Waals surface area contributed by atoms with E-state index in [1.165, 1.54) is 41.1 Å². The fraction of sp³-hybridized carbons (Fsp3) is 0.0625. The molecule has 1 aromatic carbocycles. The van der Waals surface area contributed by atoms with Crippen LogP contribution in [0.5, 0.6) is 0 Å². The number of nitriles is 1. The summed E-state index contributed by atoms with van der Waals surface area (Å²) >= 11 is 3.12. The molecule has 2 heterocycles. The van der Waals surface area contributed by atoms with Crippen LogP contribution in [0.2, 0.25) is 0 Å². The Bertz CT molecular complexity index is 1170. The maximum atomic E-state index is 13.2. The summed E-state index contributed by atoms with van der Waals surface area (Å²) in [5, 5.41) is 8.93. The summed E-state index contributed by atoms with van der Waals surface area (Å²) < 4.78 is 41.6. The molecule has 3 aromatic rings. The van der Waals surface area contributed by atoms with Crippen molar-refractivity contribution in [1.82, 2.24) is 14.1 Å². The summed E-state index contributed by atoms with van der Waals surface area (Å²) in [7, 11) is -4.15. The van der Waals surface area contributed by atoms with E-state index < -0.39 is 21.7 Å². The van der Waals surface area contributed by atoms with E-state index in [4.69, 9.17) is 5.26 Å². The zero-order valence-corrected chi connectivity index (χ0v) is 15.4. The Morgan fingerprint density at radius 1 is 1.31 bits per heavy atom. The van der Waals surface area contributed by atoms with Crippen molar-refractivity contribution in [3.63, 3.8) is 0 Å². The average Bonchev–Trinajstić information content (AvgIpc) is 2.94. The number of hydrogen-bond donors (Lipinski definition) is 1. The SMILES string of the molecule is N#Cc1cc(Br)cc(S(=O)(=O)NC(=O)Cc2cn3cc(F)ccc3n2)c1. The van der Waals surface area contributed by atoms with Crippen molar-refractivity contribution >= 4 is 37.5 Å². The van der Waals surface area contributed by atoms with Gasteiger partial charge in [-0.15, -0.1) is 0 Å². The van der Waals surface area contributed by atoms with E-state index in [-0.39, 0.29) is 22.6 Å². The smallest absolute Gasteiger partial charge is 0.264 e. The molecule has 0 aliphatic carbocycles. The Hall–Kier alpha value is -2.77. The fourth-order valence-electron chi connectivity index (χ4n) is 2.29. The number of nitrogens with one attached hydrogen (secondary N) is 1. The van der Waals surface area contributed by atoms with Gasteiger partial charge in [-0.2, -0.15) is 5.26 Å². The standard InChI is InChI=1S/C16H10BrFN4O3S/c17-11-3-10(7-19)4-14(5-11)26(24,25)21-16(23)6-13-9-22-8-12(18)1-2-15(22)20-13/h1-5,8-9H,6H2,(H,21,23). The van der Waals surface area contributed by atoms with Crippen molar-refractivity contribution in [2.45, 2.75) is 11.3 Å². The lowest BCUT2D eigenvalue weighted by Gasteiger charge is -2.07. The van der Waals surface area contributed by atoms with Crippen LogP contribution in [-0.4, -0.2) is 23.7 Å². The van der Waals surface area contributed by atoms with Gasteiger partial charge in [0.25, 0.3) is 10.0 Å². The largest absolute Gasteiger partial charge is 0.304 e. The predicted molar refractivity (Wildman–Crippen MR) is 93.0 cm³/mol. The van der Waals surface area contributed by atoms with Gasteiger partial charge in [0.05, 0.1) is 28.6 Å². The predicted octanol–water partition coefficient (Wildman–Crippen LogP) is 2.16. The van der Waals surface area contributed by atoms with Crippen molar-refractivity contribution in [3.05, 3.63) is 64.3 Å². The number of pyridine rings is 1. The summed E-state index contributed by atoms with van der Waals surface area (Å²) in [6, 6.07) is 8.42. The van der Waals surface area contributed by atoms with Gasteiger partial charge < -0.3 is 4.40 Å². The zero-order valence-electron chi connectivity index (χ0n) is 13.0. The second kappa shape index (κ2) is 6.86. The van der Waals surface area contributed by atoms with Crippen LogP contribution in [0.1, 0.15) is 11.3 Å². The van der Waals surface area contributed by atoms with E-state index >= 15 is 0 Å². The van der Waals surface area contributed by atoms with Crippen LogP contribution in [-0.2, 0) is 21.2 Å². The molecular formula is C16H10BrFN4O3S. The second-order valence-corrected chi connectivity index (χ2v) is 7.94. The highest BCUT2D eigenvalue weighted by molar-refractivity contribution is 9.10. The van der Waals surface area contributed by atoms with Gasteiger partial charge in [0.1, 0.15) is 11.5 Å². The fourth-order valence-corrected chi connectivity index (χ4v) is 3.99. The molecule has 0 bridgehead atoms. The van der Waals surface area contributed by atoms with E-state index in [0.717, 1.165) is 6.07 Å². The van der Waals surface area contributed by atoms with Gasteiger partial charge in [-0.1, -0.05) is 15.9 Å². The molecule has 0 unspecified atom stereocenters. The third-order valence-corrected chi connectivity index (χ3v) is 5.18. The van der Waals surface area contributed by atoms with Gasteiger partial charge in [-0.05, 0) is 30.3 Å². The minimum Gasteiger partial charge on any atom is -0.304 e. The number of fused-ring (bicyclic) bond motifs is 1. The zero-order chi connectivity index (χ0) is 18.9. The molecule has 2 aromatic heterocycles. The van der Waals surface area contributed by atoms with Gasteiger partial charge in [0, 0.05) is 16.9 Å². The average molecular weight is 437 g/mol. The van der Waals surface area contributed by atoms with E-state index in [0.29, 0.717) is 10.1 Å². The van der Waals surface area contributed by atoms with Crippen LogP contribution in [0, 0.1) is 17.1 Å². The summed E-state index contributed by atoms with van der Waals surface area (Å²) in [6.45, 7) is 0. The molecule has 0 aliphatic rings. The lowest BCUT2D eigenvalue weighted by molar-refractivity contribution is -0.118. The van der Waals surface area contributed by atoms with Crippen molar-refractivity contribution in [3.8, 4) is 6.07 Å². The number of amides is 1. The Balaban J connectivity index is 1.80. The third kappa shape index (κ3) is 3.89. The molecule has 7 nitrogen and oxygen atoms in total. The number of rotatable bonds is 4. The summed E-state index contributed by atoms with van der Waals surface area (Å²) in [6.07, 6.45) is 2.34. The maximum Gasteiger partial charge on any atom is 0.264 e. The number of sulfonamides is 1. The molecule has 0 radical (unpaired) electrons. The molecule has 0 spiro atoms. The first kappa shape index (κ1) is 18.0. The Morgan fingerprint density at radius 2 is 2.08 bits per heavy atom. The molecule has 1 amide bonds. The molecule has 1 N–H and O–H groups in total. The number of carbonyl (C=O) groups is 1. The normalized spacial score (nSPS) is 11.3. The van der Waals surface area contributed by atoms with Crippen molar-refractivity contribution < 1.29 is 17.6 Å². The Labute approximate surface area is 156 Å². The quantitative estimate of drug-likeness (QED) is 0.674. The van der Waals surface area contributed by atoms with Gasteiger partial charge in [0.2, 0.25) is 5.91 Å². The lowest BCUT2D eigenvalue weighted by atomic mass is 10.2. The van der Waals surface area contributed by atoms with Crippen LogP contribution in [0.15, 0.2) is 52.1 Å². The van der Waals surface area contributed by atoms with Crippen molar-refractivity contribution in [2.75, 3.05) is 0 Å². The number of nitrogens with zero attached hydrogens (tertiary/aromatic N) is 3. The molecule has 3 rings (SSSR count). The third-order valence-electron chi connectivity index (χ3n) is 3.37. The topological polar surface area (TPSA) is 104 Å². The van der Waals surface area contributed by atoms with E-state index in [1.807, 2.05) is 10.8 Å². The minimum atomic E-state index is -4.15. The summed E-state index contributed by atoms with van der Waals surface area (Å²) in [5.74, 6) is -1.26. The maximum absolute atomic E-state index is 13.2. The van der Waals surface area contributed by atoms with Crippen LogP contribution >= 0.6 is 15.9 Å². The molecule has 0 aliphatic heterocycles.